The first kappa shape index (κ1) is 33.4. The molecule has 0 aliphatic heterocycles. The summed E-state index contributed by atoms with van der Waals surface area (Å²) in [6, 6.07) is 18.1. The number of H-pyrrole nitrogens is 2. The van der Waals surface area contributed by atoms with Gasteiger partial charge < -0.3 is 9.97 Å². The molecule has 0 amide bonds. The van der Waals surface area contributed by atoms with Gasteiger partial charge in [-0.3, -0.25) is 0 Å². The average Bonchev–Trinajstić information content (AvgIpc) is 3.70. The van der Waals surface area contributed by atoms with E-state index in [4.69, 9.17) is 9.97 Å². The summed E-state index contributed by atoms with van der Waals surface area (Å²) in [7, 11) is 0. The molecular formula is C42H54N4. The third-order valence-electron chi connectivity index (χ3n) is 9.34. The second-order valence-electron chi connectivity index (χ2n) is 14.9. The number of nitrogens with one attached hydrogen (secondary N) is 2. The van der Waals surface area contributed by atoms with Crippen LogP contribution in [-0.2, 0) is 0 Å². The summed E-state index contributed by atoms with van der Waals surface area (Å²) in [5.41, 5.74) is 14.9. The summed E-state index contributed by atoms with van der Waals surface area (Å²) in [6.45, 7) is 27.4. The van der Waals surface area contributed by atoms with Gasteiger partial charge in [-0.25, -0.2) is 9.97 Å². The molecule has 0 fully saturated rings. The molecule has 3 aromatic carbocycles. The van der Waals surface area contributed by atoms with Crippen molar-refractivity contribution in [2.24, 2.45) is 0 Å². The molecule has 0 aliphatic rings. The Labute approximate surface area is 277 Å². The molecule has 2 heterocycles. The maximum absolute atomic E-state index is 5.20. The molecule has 2 aromatic heterocycles. The Kier molecular flexibility index (Phi) is 9.77. The molecule has 5 aromatic rings. The average molecular weight is 615 g/mol. The molecule has 46 heavy (non-hydrogen) atoms. The van der Waals surface area contributed by atoms with E-state index in [2.05, 4.69) is 154 Å². The van der Waals surface area contributed by atoms with Gasteiger partial charge in [-0.2, -0.15) is 0 Å². The van der Waals surface area contributed by atoms with Crippen molar-refractivity contribution in [3.63, 3.8) is 0 Å². The van der Waals surface area contributed by atoms with Crippen LogP contribution in [0.15, 0.2) is 60.9 Å². The predicted octanol–water partition coefficient (Wildman–Crippen LogP) is 12.5. The smallest absolute Gasteiger partial charge is 0.138 e. The zero-order chi connectivity index (χ0) is 33.4. The van der Waals surface area contributed by atoms with Crippen molar-refractivity contribution >= 4 is 0 Å². The summed E-state index contributed by atoms with van der Waals surface area (Å²) >= 11 is 0. The highest BCUT2D eigenvalue weighted by atomic mass is 14.9. The molecule has 0 bridgehead atoms. The van der Waals surface area contributed by atoms with Crippen LogP contribution < -0.4 is 0 Å². The minimum atomic E-state index is 0.400. The molecule has 0 atom stereocenters. The Balaban J connectivity index is 1.55. The summed E-state index contributed by atoms with van der Waals surface area (Å²) in [6.07, 6.45) is 4.16. The quantitative estimate of drug-likeness (QED) is 0.164. The van der Waals surface area contributed by atoms with Crippen molar-refractivity contribution in [2.75, 3.05) is 0 Å². The van der Waals surface area contributed by atoms with Gasteiger partial charge in [-0.05, 0) is 75.0 Å². The minimum Gasteiger partial charge on any atom is -0.344 e. The second kappa shape index (κ2) is 13.4. The first-order chi connectivity index (χ1) is 21.8. The monoisotopic (exact) mass is 614 g/mol. The van der Waals surface area contributed by atoms with Crippen molar-refractivity contribution in [1.29, 1.82) is 0 Å². The predicted molar refractivity (Wildman–Crippen MR) is 197 cm³/mol. The summed E-state index contributed by atoms with van der Waals surface area (Å²) in [4.78, 5) is 17.4. The molecule has 0 spiro atoms. The van der Waals surface area contributed by atoms with Crippen LogP contribution in [0.4, 0.5) is 0 Å². The maximum atomic E-state index is 5.20. The number of imidazole rings is 2. The highest BCUT2D eigenvalue weighted by Gasteiger charge is 2.22. The number of hydrogen-bond acceptors (Lipinski definition) is 2. The molecule has 0 saturated heterocycles. The van der Waals surface area contributed by atoms with Crippen LogP contribution in [0.3, 0.4) is 0 Å². The highest BCUT2D eigenvalue weighted by molar-refractivity contribution is 5.76. The molecule has 5 rings (SSSR count). The van der Waals surface area contributed by atoms with E-state index in [9.17, 15) is 0 Å². The Morgan fingerprint density at radius 1 is 0.435 bits per heavy atom. The van der Waals surface area contributed by atoms with Crippen LogP contribution in [-0.4, -0.2) is 19.9 Å². The number of aromatic amines is 2. The Hall–Kier alpha value is -3.92. The molecule has 0 radical (unpaired) electrons. The van der Waals surface area contributed by atoms with Gasteiger partial charge in [-0.1, -0.05) is 126 Å². The van der Waals surface area contributed by atoms with Crippen LogP contribution in [0.5, 0.6) is 0 Å². The molecular weight excluding hydrogens is 560 g/mol. The third kappa shape index (κ3) is 6.63. The lowest BCUT2D eigenvalue weighted by molar-refractivity contribution is 0.806. The minimum absolute atomic E-state index is 0.400. The van der Waals surface area contributed by atoms with E-state index >= 15 is 0 Å². The lowest BCUT2D eigenvalue weighted by atomic mass is 9.83. The fraction of sp³-hybridized carbons (Fsp3) is 0.429. The molecule has 0 saturated carbocycles. The van der Waals surface area contributed by atoms with E-state index in [1.165, 1.54) is 44.5 Å². The second-order valence-corrected chi connectivity index (χ2v) is 14.9. The van der Waals surface area contributed by atoms with Crippen LogP contribution in [0.25, 0.3) is 45.3 Å². The van der Waals surface area contributed by atoms with Gasteiger partial charge in [0, 0.05) is 34.6 Å². The molecule has 4 heteroatoms. The standard InChI is InChI=1S/C42H54N4/c1-23(2)31-17-33(25(5)6)39(34(18-31)26(7)8)37-21-43-41(45-37)29-14-13-15-30(16-29)42-44-22-38(46-42)40-35(27(9)10)19-32(24(3)4)20-36(40)28(11)12/h13-28H,1-12H3,(H,43,45)(H,44,46). The third-order valence-corrected chi connectivity index (χ3v) is 9.34. The van der Waals surface area contributed by atoms with E-state index in [1.807, 2.05) is 0 Å². The van der Waals surface area contributed by atoms with Gasteiger partial charge in [0.2, 0.25) is 0 Å². The Morgan fingerprint density at radius 2 is 0.761 bits per heavy atom. The van der Waals surface area contributed by atoms with Gasteiger partial charge >= 0.3 is 0 Å². The zero-order valence-electron chi connectivity index (χ0n) is 30.1. The zero-order valence-corrected chi connectivity index (χ0v) is 30.1. The van der Waals surface area contributed by atoms with E-state index in [-0.39, 0.29) is 0 Å². The first-order valence-corrected chi connectivity index (χ1v) is 17.3. The van der Waals surface area contributed by atoms with Crippen molar-refractivity contribution in [2.45, 2.75) is 119 Å². The number of aromatic nitrogens is 4. The van der Waals surface area contributed by atoms with Crippen molar-refractivity contribution in [1.82, 2.24) is 19.9 Å². The van der Waals surface area contributed by atoms with Gasteiger partial charge in [0.15, 0.2) is 0 Å². The van der Waals surface area contributed by atoms with Crippen LogP contribution in [0, 0.1) is 0 Å². The summed E-state index contributed by atoms with van der Waals surface area (Å²) in [5, 5.41) is 0. The van der Waals surface area contributed by atoms with Gasteiger partial charge in [0.25, 0.3) is 0 Å². The normalized spacial score (nSPS) is 12.2. The number of rotatable bonds is 10. The number of nitrogens with zero attached hydrogens (tertiary/aromatic N) is 2. The van der Waals surface area contributed by atoms with Crippen LogP contribution in [0.2, 0.25) is 0 Å². The van der Waals surface area contributed by atoms with Crippen LogP contribution >= 0.6 is 0 Å². The highest BCUT2D eigenvalue weighted by Crippen LogP contribution is 2.40. The number of benzene rings is 3. The fourth-order valence-corrected chi connectivity index (χ4v) is 6.51. The molecule has 242 valence electrons. The molecule has 4 nitrogen and oxygen atoms in total. The topological polar surface area (TPSA) is 57.4 Å². The first-order valence-electron chi connectivity index (χ1n) is 17.3. The van der Waals surface area contributed by atoms with Crippen molar-refractivity contribution in [3.8, 4) is 45.3 Å². The summed E-state index contributed by atoms with van der Waals surface area (Å²) in [5.74, 6) is 4.31. The summed E-state index contributed by atoms with van der Waals surface area (Å²) < 4.78 is 0. The molecule has 0 aliphatic carbocycles. The number of hydrogen-bond donors (Lipinski definition) is 2. The SMILES string of the molecule is CC(C)c1cc(C(C)C)c(-c2c[nH]c(-c3cccc(-c4nc(-c5c(C(C)C)cc(C(C)C)cc5C(C)C)c[nH]4)c3)n2)c(C(C)C)c1. The molecule has 0 unspecified atom stereocenters. The van der Waals surface area contributed by atoms with Gasteiger partial charge in [0.1, 0.15) is 11.6 Å². The van der Waals surface area contributed by atoms with Crippen LogP contribution in [0.1, 0.15) is 152 Å². The lowest BCUT2D eigenvalue weighted by Gasteiger charge is -2.22. The van der Waals surface area contributed by atoms with Gasteiger partial charge in [0.05, 0.1) is 11.4 Å². The van der Waals surface area contributed by atoms with E-state index in [1.54, 1.807) is 0 Å². The van der Waals surface area contributed by atoms with Crippen molar-refractivity contribution in [3.05, 3.63) is 94.3 Å². The Morgan fingerprint density at radius 3 is 1.04 bits per heavy atom. The fourth-order valence-electron chi connectivity index (χ4n) is 6.51. The Bertz CT molecular complexity index is 1620. The van der Waals surface area contributed by atoms with Gasteiger partial charge in [-0.15, -0.1) is 0 Å². The molecule has 2 N–H and O–H groups in total. The van der Waals surface area contributed by atoms with E-state index in [0.29, 0.717) is 35.5 Å². The maximum Gasteiger partial charge on any atom is 0.138 e. The van der Waals surface area contributed by atoms with Crippen molar-refractivity contribution < 1.29 is 0 Å². The largest absolute Gasteiger partial charge is 0.344 e. The van der Waals surface area contributed by atoms with E-state index in [0.717, 1.165) is 34.2 Å². The lowest BCUT2D eigenvalue weighted by Crippen LogP contribution is -2.03. The van der Waals surface area contributed by atoms with E-state index < -0.39 is 0 Å².